The van der Waals surface area contributed by atoms with Gasteiger partial charge in [0.05, 0.1) is 18.3 Å². The Morgan fingerprint density at radius 1 is 1.25 bits per heavy atom. The molecule has 176 valence electrons. The van der Waals surface area contributed by atoms with Crippen molar-refractivity contribution in [1.82, 2.24) is 20.6 Å². The lowest BCUT2D eigenvalue weighted by atomic mass is 9.92. The van der Waals surface area contributed by atoms with E-state index in [0.29, 0.717) is 24.3 Å². The van der Waals surface area contributed by atoms with Gasteiger partial charge in [0, 0.05) is 36.7 Å². The Morgan fingerprint density at radius 3 is 2.53 bits per heavy atom. The molecule has 0 bridgehead atoms. The average molecular weight is 450 g/mol. The molecule has 3 rings (SSSR count). The second kappa shape index (κ2) is 10.1. The lowest BCUT2D eigenvalue weighted by Crippen LogP contribution is -2.44. The van der Waals surface area contributed by atoms with Crippen molar-refractivity contribution in [3.8, 4) is 5.75 Å². The minimum Gasteiger partial charge on any atom is -0.486 e. The normalized spacial score (nSPS) is 19.8. The van der Waals surface area contributed by atoms with Crippen molar-refractivity contribution in [1.29, 1.82) is 0 Å². The average Bonchev–Trinajstić information content (AvgIpc) is 3.57. The van der Waals surface area contributed by atoms with Gasteiger partial charge in [-0.1, -0.05) is 20.8 Å². The van der Waals surface area contributed by atoms with Crippen LogP contribution in [0.3, 0.4) is 0 Å². The van der Waals surface area contributed by atoms with Gasteiger partial charge in [-0.2, -0.15) is 0 Å². The van der Waals surface area contributed by atoms with Crippen LogP contribution in [0.15, 0.2) is 23.8 Å². The predicted molar refractivity (Wildman–Crippen MR) is 117 cm³/mol. The molecule has 1 aromatic heterocycles. The largest absolute Gasteiger partial charge is 0.486 e. The highest BCUT2D eigenvalue weighted by Crippen LogP contribution is 2.29. The summed E-state index contributed by atoms with van der Waals surface area (Å²) < 4.78 is 20.3. The summed E-state index contributed by atoms with van der Waals surface area (Å²) in [5.41, 5.74) is -0.555. The van der Waals surface area contributed by atoms with Gasteiger partial charge in [-0.05, 0) is 25.7 Å². The minimum absolute atomic E-state index is 0.0707. The van der Waals surface area contributed by atoms with E-state index in [1.165, 1.54) is 12.4 Å². The second-order valence-electron chi connectivity index (χ2n) is 9.40. The quantitative estimate of drug-likeness (QED) is 0.559. The number of rotatable bonds is 8. The smallest absolute Gasteiger partial charge is 0.404 e. The number of anilines is 1. The molecule has 2 amide bonds. The van der Waals surface area contributed by atoms with Gasteiger partial charge in [0.15, 0.2) is 5.75 Å². The molecule has 0 spiro atoms. The molecule has 2 aliphatic rings. The number of amides is 2. The lowest BCUT2D eigenvalue weighted by molar-refractivity contribution is -0.125. The first-order valence-electron chi connectivity index (χ1n) is 11.0. The molecule has 2 fully saturated rings. The number of hydrogen-bond acceptors (Lipinski definition) is 6. The van der Waals surface area contributed by atoms with Gasteiger partial charge in [0.25, 0.3) is 0 Å². The van der Waals surface area contributed by atoms with Crippen molar-refractivity contribution in [3.05, 3.63) is 23.8 Å². The molecule has 32 heavy (non-hydrogen) atoms. The van der Waals surface area contributed by atoms with E-state index < -0.39 is 17.3 Å². The third kappa shape index (κ3) is 6.80. The standard InChI is InChI=1S/C22H32FN5O4/c1-22(2,3)18(23)15(9-26-21(30)31)13-32-17-10-24-20(25-11-17)28-8-4-5-14(12-28)19(29)27-16-6-7-16/h10-11,14,16,26H,4-9,12-13H2,1-3H3,(H,27,29)(H,30,31)/b18-15+/t14-/m0/s1. The van der Waals surface area contributed by atoms with E-state index in [1.807, 2.05) is 4.90 Å². The fourth-order valence-corrected chi connectivity index (χ4v) is 3.54. The van der Waals surface area contributed by atoms with Gasteiger partial charge in [-0.25, -0.2) is 19.2 Å². The molecule has 0 unspecified atom stereocenters. The van der Waals surface area contributed by atoms with Crippen LogP contribution in [0.25, 0.3) is 0 Å². The number of nitrogens with one attached hydrogen (secondary N) is 2. The maximum absolute atomic E-state index is 14.7. The molecule has 1 saturated heterocycles. The Kier molecular flexibility index (Phi) is 7.52. The molecule has 10 heteroatoms. The van der Waals surface area contributed by atoms with Crippen LogP contribution in [0.4, 0.5) is 15.1 Å². The SMILES string of the molecule is CC(C)(C)/C(F)=C(/CNC(=O)O)COc1cnc(N2CCC[C@H](C(=O)NC3CC3)C2)nc1. The summed E-state index contributed by atoms with van der Waals surface area (Å²) in [5.74, 6) is 0.479. The summed E-state index contributed by atoms with van der Waals surface area (Å²) in [5, 5.41) is 14.1. The Balaban J connectivity index is 1.59. The summed E-state index contributed by atoms with van der Waals surface area (Å²) in [6.07, 6.45) is 5.66. The second-order valence-corrected chi connectivity index (χ2v) is 9.40. The van der Waals surface area contributed by atoms with Gasteiger partial charge in [-0.3, -0.25) is 4.79 Å². The van der Waals surface area contributed by atoms with Gasteiger partial charge < -0.3 is 25.4 Å². The van der Waals surface area contributed by atoms with Crippen LogP contribution in [0.1, 0.15) is 46.5 Å². The van der Waals surface area contributed by atoms with E-state index >= 15 is 0 Å². The highest BCUT2D eigenvalue weighted by molar-refractivity contribution is 5.80. The molecule has 1 saturated carbocycles. The van der Waals surface area contributed by atoms with Crippen molar-refractivity contribution >= 4 is 17.9 Å². The molecule has 0 aromatic carbocycles. The fourth-order valence-electron chi connectivity index (χ4n) is 3.54. The Hall–Kier alpha value is -2.91. The summed E-state index contributed by atoms with van der Waals surface area (Å²) in [6.45, 7) is 6.17. The van der Waals surface area contributed by atoms with Crippen LogP contribution in [0, 0.1) is 11.3 Å². The molecule has 1 aromatic rings. The highest BCUT2D eigenvalue weighted by atomic mass is 19.1. The molecule has 1 atom stereocenters. The number of allylic oxidation sites excluding steroid dienone is 1. The molecular formula is C22H32FN5O4. The van der Waals surface area contributed by atoms with Gasteiger partial charge in [0.2, 0.25) is 11.9 Å². The Labute approximate surface area is 187 Å². The zero-order valence-corrected chi connectivity index (χ0v) is 18.9. The summed E-state index contributed by atoms with van der Waals surface area (Å²) >= 11 is 0. The first-order valence-corrected chi connectivity index (χ1v) is 11.0. The number of hydrogen-bond donors (Lipinski definition) is 3. The van der Waals surface area contributed by atoms with Crippen LogP contribution < -0.4 is 20.3 Å². The summed E-state index contributed by atoms with van der Waals surface area (Å²) in [4.78, 5) is 33.9. The summed E-state index contributed by atoms with van der Waals surface area (Å²) in [6, 6.07) is 0.346. The summed E-state index contributed by atoms with van der Waals surface area (Å²) in [7, 11) is 0. The first kappa shape index (κ1) is 23.7. The number of carbonyl (C=O) groups excluding carboxylic acids is 1. The van der Waals surface area contributed by atoms with Crippen molar-refractivity contribution in [2.24, 2.45) is 11.3 Å². The Morgan fingerprint density at radius 2 is 1.94 bits per heavy atom. The zero-order chi connectivity index (χ0) is 23.3. The number of nitrogens with zero attached hydrogens (tertiary/aromatic N) is 3. The van der Waals surface area contributed by atoms with Crippen molar-refractivity contribution in [2.75, 3.05) is 31.1 Å². The van der Waals surface area contributed by atoms with E-state index in [0.717, 1.165) is 32.2 Å². The maximum atomic E-state index is 14.7. The molecule has 1 aliphatic heterocycles. The fraction of sp³-hybridized carbons (Fsp3) is 0.636. The van der Waals surface area contributed by atoms with Crippen molar-refractivity contribution in [3.63, 3.8) is 0 Å². The predicted octanol–water partition coefficient (Wildman–Crippen LogP) is 2.89. The van der Waals surface area contributed by atoms with Crippen LogP contribution in [0.5, 0.6) is 5.75 Å². The number of aromatic nitrogens is 2. The third-order valence-corrected chi connectivity index (χ3v) is 5.45. The maximum Gasteiger partial charge on any atom is 0.404 e. The molecule has 1 aliphatic carbocycles. The molecule has 0 radical (unpaired) electrons. The van der Waals surface area contributed by atoms with Crippen LogP contribution in [-0.4, -0.2) is 59.4 Å². The van der Waals surface area contributed by atoms with Crippen LogP contribution in [-0.2, 0) is 4.79 Å². The van der Waals surface area contributed by atoms with Gasteiger partial charge >= 0.3 is 6.09 Å². The van der Waals surface area contributed by atoms with E-state index in [-0.39, 0.29) is 30.5 Å². The van der Waals surface area contributed by atoms with Crippen LogP contribution in [0.2, 0.25) is 0 Å². The molecule has 2 heterocycles. The number of carboxylic acid groups (broad SMARTS) is 1. The van der Waals surface area contributed by atoms with Crippen LogP contribution >= 0.6 is 0 Å². The lowest BCUT2D eigenvalue weighted by Gasteiger charge is -2.32. The number of halogens is 1. The van der Waals surface area contributed by atoms with Crippen molar-refractivity contribution < 1.29 is 23.8 Å². The number of ether oxygens (including phenoxy) is 1. The van der Waals surface area contributed by atoms with Gasteiger partial charge in [0.1, 0.15) is 12.4 Å². The highest BCUT2D eigenvalue weighted by Gasteiger charge is 2.31. The van der Waals surface area contributed by atoms with Crippen molar-refractivity contribution in [2.45, 2.75) is 52.5 Å². The van der Waals surface area contributed by atoms with Gasteiger partial charge in [-0.15, -0.1) is 0 Å². The first-order chi connectivity index (χ1) is 15.1. The molecule has 9 nitrogen and oxygen atoms in total. The zero-order valence-electron chi connectivity index (χ0n) is 18.9. The van der Waals surface area contributed by atoms with E-state index in [1.54, 1.807) is 20.8 Å². The topological polar surface area (TPSA) is 117 Å². The molecular weight excluding hydrogens is 417 g/mol. The number of carbonyl (C=O) groups is 2. The minimum atomic E-state index is -1.23. The number of piperidine rings is 1. The van der Waals surface area contributed by atoms with E-state index in [9.17, 15) is 14.0 Å². The molecule has 3 N–H and O–H groups in total. The third-order valence-electron chi connectivity index (χ3n) is 5.45. The monoisotopic (exact) mass is 449 g/mol. The van der Waals surface area contributed by atoms with E-state index in [2.05, 4.69) is 20.6 Å². The van der Waals surface area contributed by atoms with E-state index in [4.69, 9.17) is 9.84 Å². The Bertz CT molecular complexity index is 849.